The molecule has 3 rings (SSSR count). The van der Waals surface area contributed by atoms with Crippen LogP contribution >= 0.6 is 0 Å². The van der Waals surface area contributed by atoms with Gasteiger partial charge in [-0.25, -0.2) is 4.79 Å². The number of hydrogen-bond donors (Lipinski definition) is 0. The number of carbonyl (C=O) groups is 2. The van der Waals surface area contributed by atoms with Crippen LogP contribution in [0.1, 0.15) is 45.6 Å². The highest BCUT2D eigenvalue weighted by Crippen LogP contribution is 2.42. The zero-order valence-electron chi connectivity index (χ0n) is 15.7. The molecule has 0 atom stereocenters. The highest BCUT2D eigenvalue weighted by atomic mass is 16.6. The van der Waals surface area contributed by atoms with Crippen molar-refractivity contribution in [1.82, 2.24) is 4.90 Å². The molecule has 2 heterocycles. The first-order valence-electron chi connectivity index (χ1n) is 9.03. The Hall–Kier alpha value is -2.04. The minimum Gasteiger partial charge on any atom is -0.444 e. The van der Waals surface area contributed by atoms with Crippen LogP contribution in [0.15, 0.2) is 24.3 Å². The summed E-state index contributed by atoms with van der Waals surface area (Å²) < 4.78 is 5.46. The molecule has 2 fully saturated rings. The third-order valence-electron chi connectivity index (χ3n) is 5.14. The summed E-state index contributed by atoms with van der Waals surface area (Å²) in [5.41, 5.74) is 1.68. The van der Waals surface area contributed by atoms with Crippen molar-refractivity contribution in [3.8, 4) is 0 Å². The number of benzene rings is 1. The Morgan fingerprint density at radius 1 is 1.12 bits per heavy atom. The number of anilines is 1. The maximum Gasteiger partial charge on any atom is 0.410 e. The molecule has 0 radical (unpaired) electrons. The highest BCUT2D eigenvalue weighted by Gasteiger charge is 2.46. The van der Waals surface area contributed by atoms with Crippen molar-refractivity contribution < 1.29 is 14.3 Å². The molecule has 25 heavy (non-hydrogen) atoms. The average molecular weight is 344 g/mol. The number of nitrogens with zero attached hydrogens (tertiary/aromatic N) is 2. The van der Waals surface area contributed by atoms with Gasteiger partial charge in [0.05, 0.1) is 0 Å². The van der Waals surface area contributed by atoms with E-state index in [0.29, 0.717) is 19.5 Å². The van der Waals surface area contributed by atoms with Gasteiger partial charge in [-0.15, -0.1) is 0 Å². The third kappa shape index (κ3) is 3.97. The average Bonchev–Trinajstić information content (AvgIpc) is 2.83. The van der Waals surface area contributed by atoms with Gasteiger partial charge in [0, 0.05) is 37.2 Å². The van der Waals surface area contributed by atoms with E-state index in [0.717, 1.165) is 25.1 Å². The quantitative estimate of drug-likeness (QED) is 0.779. The maximum atomic E-state index is 12.6. The van der Waals surface area contributed by atoms with Crippen LogP contribution in [-0.2, 0) is 9.53 Å². The SMILES string of the molecule is Cc1ccc(N2CC3(CCN(C(=O)OC(C)(C)C)CC3)CC2=O)cc1. The van der Waals surface area contributed by atoms with Crippen LogP contribution in [0.3, 0.4) is 0 Å². The Labute approximate surface area is 149 Å². The summed E-state index contributed by atoms with van der Waals surface area (Å²) >= 11 is 0. The van der Waals surface area contributed by atoms with Crippen molar-refractivity contribution in [2.75, 3.05) is 24.5 Å². The van der Waals surface area contributed by atoms with Crippen molar-refractivity contribution in [2.45, 2.75) is 52.6 Å². The molecule has 2 aliphatic rings. The van der Waals surface area contributed by atoms with Gasteiger partial charge in [-0.2, -0.15) is 0 Å². The Kier molecular flexibility index (Phi) is 4.52. The molecule has 2 aliphatic heterocycles. The van der Waals surface area contributed by atoms with Crippen molar-refractivity contribution >= 4 is 17.7 Å². The van der Waals surface area contributed by atoms with E-state index in [2.05, 4.69) is 0 Å². The van der Waals surface area contributed by atoms with E-state index < -0.39 is 5.60 Å². The summed E-state index contributed by atoms with van der Waals surface area (Å²) in [7, 11) is 0. The van der Waals surface area contributed by atoms with Crippen LogP contribution in [0.5, 0.6) is 0 Å². The van der Waals surface area contributed by atoms with E-state index in [4.69, 9.17) is 4.74 Å². The van der Waals surface area contributed by atoms with Gasteiger partial charge in [0.2, 0.25) is 5.91 Å². The Bertz CT molecular complexity index is 653. The number of piperidine rings is 1. The van der Waals surface area contributed by atoms with Crippen molar-refractivity contribution in [1.29, 1.82) is 0 Å². The molecule has 2 saturated heterocycles. The number of rotatable bonds is 1. The fourth-order valence-corrected chi connectivity index (χ4v) is 3.68. The molecule has 0 saturated carbocycles. The number of likely N-dealkylation sites (tertiary alicyclic amines) is 1. The lowest BCUT2D eigenvalue weighted by Crippen LogP contribution is -2.46. The molecule has 2 amide bonds. The zero-order valence-corrected chi connectivity index (χ0v) is 15.7. The number of amides is 2. The number of ether oxygens (including phenoxy) is 1. The maximum absolute atomic E-state index is 12.6. The van der Waals surface area contributed by atoms with Crippen molar-refractivity contribution in [3.05, 3.63) is 29.8 Å². The minimum absolute atomic E-state index is 0.0134. The van der Waals surface area contributed by atoms with Gasteiger partial charge in [0.15, 0.2) is 0 Å². The standard InChI is InChI=1S/C20H28N2O3/c1-15-5-7-16(8-6-15)22-14-20(13-17(22)23)9-11-21(12-10-20)18(24)25-19(2,3)4/h5-8H,9-14H2,1-4H3. The molecule has 5 heteroatoms. The summed E-state index contributed by atoms with van der Waals surface area (Å²) in [5.74, 6) is 0.189. The summed E-state index contributed by atoms with van der Waals surface area (Å²) in [6.45, 7) is 9.75. The molecular weight excluding hydrogens is 316 g/mol. The van der Waals surface area contributed by atoms with Gasteiger partial charge in [-0.3, -0.25) is 4.79 Å². The second-order valence-corrected chi connectivity index (χ2v) is 8.46. The first-order valence-corrected chi connectivity index (χ1v) is 9.03. The predicted octanol–water partition coefficient (Wildman–Crippen LogP) is 3.75. The lowest BCUT2D eigenvalue weighted by Gasteiger charge is -2.39. The van der Waals surface area contributed by atoms with Gasteiger partial charge in [-0.1, -0.05) is 17.7 Å². The lowest BCUT2D eigenvalue weighted by molar-refractivity contribution is -0.118. The molecule has 0 aromatic heterocycles. The normalized spacial score (nSPS) is 20.2. The van der Waals surface area contributed by atoms with Gasteiger partial charge in [-0.05, 0) is 52.7 Å². The highest BCUT2D eigenvalue weighted by molar-refractivity contribution is 5.96. The van der Waals surface area contributed by atoms with Crippen LogP contribution in [-0.4, -0.2) is 42.1 Å². The predicted molar refractivity (Wildman–Crippen MR) is 97.6 cm³/mol. The minimum atomic E-state index is -0.474. The van der Waals surface area contributed by atoms with Gasteiger partial charge in [0.25, 0.3) is 0 Å². The van der Waals surface area contributed by atoms with Crippen LogP contribution in [0, 0.1) is 12.3 Å². The van der Waals surface area contributed by atoms with Gasteiger partial charge < -0.3 is 14.5 Å². The molecule has 0 aliphatic carbocycles. The smallest absolute Gasteiger partial charge is 0.410 e. The molecule has 1 aromatic rings. The molecule has 5 nitrogen and oxygen atoms in total. The summed E-state index contributed by atoms with van der Waals surface area (Å²) in [6, 6.07) is 8.11. The van der Waals surface area contributed by atoms with Crippen LogP contribution in [0.4, 0.5) is 10.5 Å². The molecular formula is C20H28N2O3. The van der Waals surface area contributed by atoms with Crippen LogP contribution in [0.2, 0.25) is 0 Å². The van der Waals surface area contributed by atoms with Crippen molar-refractivity contribution in [3.63, 3.8) is 0 Å². The number of carbonyl (C=O) groups excluding carboxylic acids is 2. The van der Waals surface area contributed by atoms with E-state index in [1.807, 2.05) is 56.9 Å². The number of hydrogen-bond acceptors (Lipinski definition) is 3. The van der Waals surface area contributed by atoms with Crippen LogP contribution in [0.25, 0.3) is 0 Å². The zero-order chi connectivity index (χ0) is 18.2. The lowest BCUT2D eigenvalue weighted by atomic mass is 9.78. The fraction of sp³-hybridized carbons (Fsp3) is 0.600. The second kappa shape index (κ2) is 6.36. The monoisotopic (exact) mass is 344 g/mol. The summed E-state index contributed by atoms with van der Waals surface area (Å²) in [6.07, 6.45) is 2.02. The van der Waals surface area contributed by atoms with E-state index in [1.54, 1.807) is 4.90 Å². The second-order valence-electron chi connectivity index (χ2n) is 8.46. The van der Waals surface area contributed by atoms with Gasteiger partial charge >= 0.3 is 6.09 Å². The summed E-state index contributed by atoms with van der Waals surface area (Å²) in [4.78, 5) is 28.5. The first-order chi connectivity index (χ1) is 11.7. The Morgan fingerprint density at radius 3 is 2.28 bits per heavy atom. The third-order valence-corrected chi connectivity index (χ3v) is 5.14. The summed E-state index contributed by atoms with van der Waals surface area (Å²) in [5, 5.41) is 0. The Morgan fingerprint density at radius 2 is 1.72 bits per heavy atom. The van der Waals surface area contributed by atoms with E-state index in [1.165, 1.54) is 5.56 Å². The molecule has 0 N–H and O–H groups in total. The van der Waals surface area contributed by atoms with E-state index >= 15 is 0 Å². The molecule has 1 aromatic carbocycles. The van der Waals surface area contributed by atoms with Gasteiger partial charge in [0.1, 0.15) is 5.60 Å². The fourth-order valence-electron chi connectivity index (χ4n) is 3.68. The molecule has 136 valence electrons. The molecule has 1 spiro atoms. The number of aryl methyl sites for hydroxylation is 1. The van der Waals surface area contributed by atoms with Crippen molar-refractivity contribution in [2.24, 2.45) is 5.41 Å². The first kappa shape index (κ1) is 17.8. The van der Waals surface area contributed by atoms with E-state index in [9.17, 15) is 9.59 Å². The molecule has 0 unspecified atom stereocenters. The molecule has 0 bridgehead atoms. The topological polar surface area (TPSA) is 49.9 Å². The Balaban J connectivity index is 1.63. The largest absolute Gasteiger partial charge is 0.444 e. The van der Waals surface area contributed by atoms with E-state index in [-0.39, 0.29) is 17.4 Å². The van der Waals surface area contributed by atoms with Crippen LogP contribution < -0.4 is 4.90 Å².